The number of azide groups is 1. The predicted octanol–water partition coefficient (Wildman–Crippen LogP) is 4.51. The summed E-state index contributed by atoms with van der Waals surface area (Å²) in [5.41, 5.74) is 10.1. The number of ether oxygens (including phenoxy) is 2. The maximum absolute atomic E-state index is 13.6. The molecule has 2 aliphatic rings. The van der Waals surface area contributed by atoms with Gasteiger partial charge in [-0.15, -0.1) is 0 Å². The summed E-state index contributed by atoms with van der Waals surface area (Å²) in [7, 11) is 0. The van der Waals surface area contributed by atoms with Crippen LogP contribution in [0.15, 0.2) is 35.4 Å². The molecule has 3 rings (SSSR count). The second-order valence-electron chi connectivity index (χ2n) is 9.55. The van der Waals surface area contributed by atoms with Gasteiger partial charge in [-0.05, 0) is 42.2 Å². The summed E-state index contributed by atoms with van der Waals surface area (Å²) >= 11 is 0. The highest BCUT2D eigenvalue weighted by Crippen LogP contribution is 2.34. The van der Waals surface area contributed by atoms with Gasteiger partial charge < -0.3 is 9.47 Å². The smallest absolute Gasteiger partial charge is 0.416 e. The number of hydrogen-bond donors (Lipinski definition) is 0. The molecule has 2 aliphatic heterocycles. The molecule has 0 spiro atoms. The Morgan fingerprint density at radius 3 is 2.48 bits per heavy atom. The van der Waals surface area contributed by atoms with Crippen molar-refractivity contribution in [3.05, 3.63) is 46.3 Å². The fourth-order valence-electron chi connectivity index (χ4n) is 4.61. The first-order valence-corrected chi connectivity index (χ1v) is 11.5. The third-order valence-corrected chi connectivity index (χ3v) is 6.62. The molecule has 33 heavy (non-hydrogen) atoms. The molecule has 5 atom stereocenters. The average molecular weight is 457 g/mol. The molecule has 2 saturated heterocycles. The molecule has 1 aromatic rings. The summed E-state index contributed by atoms with van der Waals surface area (Å²) in [5.74, 6) is -1.53. The maximum Gasteiger partial charge on any atom is 0.416 e. The molecular formula is C24H32N4O5. The standard InChI is InChI=1S/C24H32N4O5/c1-14(2)18(11-20(26-27-25)21-12-19(15(3)4)23(30)33-21)22(29)28-17(13-32-24(28)31)10-16-8-6-5-7-9-16/h5-9,14-15,17-21H,10-13H2,1-4H3/t17-,18-,19?,20-,21-/m0/s1. The predicted molar refractivity (Wildman–Crippen MR) is 121 cm³/mol. The van der Waals surface area contributed by atoms with Crippen molar-refractivity contribution >= 4 is 18.0 Å². The molecule has 2 heterocycles. The second-order valence-corrected chi connectivity index (χ2v) is 9.55. The quantitative estimate of drug-likeness (QED) is 0.234. The average Bonchev–Trinajstić information content (AvgIpc) is 3.33. The van der Waals surface area contributed by atoms with E-state index >= 15 is 0 Å². The van der Waals surface area contributed by atoms with Gasteiger partial charge in [-0.3, -0.25) is 9.59 Å². The van der Waals surface area contributed by atoms with Crippen molar-refractivity contribution in [2.45, 2.75) is 65.1 Å². The molecule has 0 N–H and O–H groups in total. The highest BCUT2D eigenvalue weighted by molar-refractivity contribution is 5.95. The Kier molecular flexibility index (Phi) is 7.97. The normalized spacial score (nSPS) is 24.4. The Morgan fingerprint density at radius 1 is 1.21 bits per heavy atom. The fourth-order valence-corrected chi connectivity index (χ4v) is 4.61. The number of carbonyl (C=O) groups excluding carboxylic acids is 3. The molecular weight excluding hydrogens is 424 g/mol. The van der Waals surface area contributed by atoms with Crippen LogP contribution in [0.25, 0.3) is 10.4 Å². The van der Waals surface area contributed by atoms with Crippen LogP contribution in [0.1, 0.15) is 46.1 Å². The van der Waals surface area contributed by atoms with Crippen LogP contribution in [-0.4, -0.2) is 47.7 Å². The topological polar surface area (TPSA) is 122 Å². The molecule has 2 fully saturated rings. The number of carbonyl (C=O) groups is 3. The number of amides is 2. The molecule has 178 valence electrons. The zero-order chi connectivity index (χ0) is 24.1. The van der Waals surface area contributed by atoms with Crippen LogP contribution in [0, 0.1) is 23.7 Å². The zero-order valence-corrected chi connectivity index (χ0v) is 19.6. The van der Waals surface area contributed by atoms with E-state index in [1.807, 2.05) is 58.0 Å². The van der Waals surface area contributed by atoms with Gasteiger partial charge in [0.1, 0.15) is 12.7 Å². The lowest BCUT2D eigenvalue weighted by molar-refractivity contribution is -0.146. The van der Waals surface area contributed by atoms with E-state index in [1.54, 1.807) is 0 Å². The Bertz CT molecular complexity index is 913. The van der Waals surface area contributed by atoms with Crippen LogP contribution >= 0.6 is 0 Å². The van der Waals surface area contributed by atoms with Crippen molar-refractivity contribution in [1.29, 1.82) is 0 Å². The van der Waals surface area contributed by atoms with Gasteiger partial charge in [0.2, 0.25) is 5.91 Å². The minimum atomic E-state index is -0.690. The second kappa shape index (κ2) is 10.7. The Balaban J connectivity index is 1.78. The van der Waals surface area contributed by atoms with Gasteiger partial charge in [0.15, 0.2) is 0 Å². The number of nitrogens with zero attached hydrogens (tertiary/aromatic N) is 4. The van der Waals surface area contributed by atoms with Crippen LogP contribution in [0.2, 0.25) is 0 Å². The van der Waals surface area contributed by atoms with Gasteiger partial charge in [0.05, 0.1) is 18.0 Å². The number of esters is 1. The van der Waals surface area contributed by atoms with E-state index in [2.05, 4.69) is 10.0 Å². The van der Waals surface area contributed by atoms with Crippen LogP contribution < -0.4 is 0 Å². The number of cyclic esters (lactones) is 2. The van der Waals surface area contributed by atoms with Gasteiger partial charge in [-0.2, -0.15) is 0 Å². The third kappa shape index (κ3) is 5.66. The highest BCUT2D eigenvalue weighted by atomic mass is 16.6. The van der Waals surface area contributed by atoms with E-state index in [-0.39, 0.29) is 42.7 Å². The molecule has 0 saturated carbocycles. The van der Waals surface area contributed by atoms with E-state index in [9.17, 15) is 14.4 Å². The highest BCUT2D eigenvalue weighted by Gasteiger charge is 2.45. The van der Waals surface area contributed by atoms with Crippen LogP contribution in [0.4, 0.5) is 4.79 Å². The summed E-state index contributed by atoms with van der Waals surface area (Å²) in [5, 5.41) is 3.89. The first kappa shape index (κ1) is 24.6. The van der Waals surface area contributed by atoms with Gasteiger partial charge >= 0.3 is 12.1 Å². The number of imide groups is 1. The molecule has 0 aliphatic carbocycles. The molecule has 0 radical (unpaired) electrons. The Hall–Kier alpha value is -3.06. The van der Waals surface area contributed by atoms with Crippen LogP contribution in [0.5, 0.6) is 0 Å². The number of rotatable bonds is 9. The van der Waals surface area contributed by atoms with Crippen LogP contribution in [-0.2, 0) is 25.5 Å². The molecule has 0 bridgehead atoms. The Labute approximate surface area is 194 Å². The molecule has 2 amide bonds. The first-order chi connectivity index (χ1) is 15.7. The lowest BCUT2D eigenvalue weighted by Crippen LogP contribution is -2.46. The van der Waals surface area contributed by atoms with Gasteiger partial charge in [-0.25, -0.2) is 9.69 Å². The van der Waals surface area contributed by atoms with Gasteiger partial charge in [0, 0.05) is 10.8 Å². The lowest BCUT2D eigenvalue weighted by atomic mass is 9.84. The summed E-state index contributed by atoms with van der Waals surface area (Å²) in [6, 6.07) is 8.53. The van der Waals surface area contributed by atoms with E-state index in [0.29, 0.717) is 12.8 Å². The fraction of sp³-hybridized carbons (Fsp3) is 0.625. The molecule has 1 unspecified atom stereocenters. The van der Waals surface area contributed by atoms with Crippen LogP contribution in [0.3, 0.4) is 0 Å². The van der Waals surface area contributed by atoms with Gasteiger partial charge in [0.25, 0.3) is 0 Å². The van der Waals surface area contributed by atoms with Gasteiger partial charge in [-0.1, -0.05) is 63.1 Å². The van der Waals surface area contributed by atoms with Crippen molar-refractivity contribution in [2.75, 3.05) is 6.61 Å². The zero-order valence-electron chi connectivity index (χ0n) is 19.6. The summed E-state index contributed by atoms with van der Waals surface area (Å²) < 4.78 is 10.8. The maximum atomic E-state index is 13.6. The SMILES string of the molecule is CC(C)C1C[C@@H]([C@H](C[C@H](C(=O)N2C(=O)OC[C@@H]2Cc2ccccc2)C(C)C)N=[N+]=[N-])OC1=O. The molecule has 1 aromatic carbocycles. The molecule has 0 aromatic heterocycles. The van der Waals surface area contributed by atoms with Crippen molar-refractivity contribution < 1.29 is 23.9 Å². The summed E-state index contributed by atoms with van der Waals surface area (Å²) in [4.78, 5) is 42.5. The van der Waals surface area contributed by atoms with E-state index in [0.717, 1.165) is 5.56 Å². The minimum absolute atomic E-state index is 0.106. The summed E-state index contributed by atoms with van der Waals surface area (Å²) in [6.07, 6.45) is -0.106. The van der Waals surface area contributed by atoms with Crippen molar-refractivity contribution in [2.24, 2.45) is 28.8 Å². The number of hydrogen-bond acceptors (Lipinski definition) is 6. The summed E-state index contributed by atoms with van der Waals surface area (Å²) in [6.45, 7) is 7.81. The largest absolute Gasteiger partial charge is 0.462 e. The third-order valence-electron chi connectivity index (χ3n) is 6.62. The first-order valence-electron chi connectivity index (χ1n) is 11.5. The van der Waals surface area contributed by atoms with Crippen molar-refractivity contribution in [3.63, 3.8) is 0 Å². The van der Waals surface area contributed by atoms with E-state index in [4.69, 9.17) is 15.0 Å². The molecule has 9 nitrogen and oxygen atoms in total. The lowest BCUT2D eigenvalue weighted by Gasteiger charge is -2.30. The molecule has 9 heteroatoms. The van der Waals surface area contributed by atoms with Crippen molar-refractivity contribution in [3.8, 4) is 0 Å². The minimum Gasteiger partial charge on any atom is -0.462 e. The monoisotopic (exact) mass is 456 g/mol. The number of benzene rings is 1. The Morgan fingerprint density at radius 2 is 1.91 bits per heavy atom. The van der Waals surface area contributed by atoms with E-state index in [1.165, 1.54) is 4.90 Å². The van der Waals surface area contributed by atoms with Crippen molar-refractivity contribution in [1.82, 2.24) is 4.90 Å². The van der Waals surface area contributed by atoms with E-state index < -0.39 is 30.2 Å².